The third kappa shape index (κ3) is 3.28. The van der Waals surface area contributed by atoms with E-state index in [1.807, 2.05) is 0 Å². The SMILES string of the molecule is O=C(C1=C(O)C(=O)N(c2cccc(F)c2)C1c1cccs1)c1cc2cc(Br)ccc2o1. The Balaban J connectivity index is 1.64. The first kappa shape index (κ1) is 19.7. The van der Waals surface area contributed by atoms with Crippen molar-refractivity contribution < 1.29 is 23.5 Å². The number of furan rings is 1. The largest absolute Gasteiger partial charge is 0.503 e. The summed E-state index contributed by atoms with van der Waals surface area (Å²) in [5.41, 5.74) is 0.645. The molecule has 0 aliphatic carbocycles. The van der Waals surface area contributed by atoms with Crippen molar-refractivity contribution in [1.29, 1.82) is 0 Å². The van der Waals surface area contributed by atoms with Gasteiger partial charge in [-0.25, -0.2) is 4.39 Å². The fourth-order valence-electron chi connectivity index (χ4n) is 3.70. The van der Waals surface area contributed by atoms with Crippen LogP contribution in [0, 0.1) is 5.82 Å². The van der Waals surface area contributed by atoms with Gasteiger partial charge in [-0.1, -0.05) is 28.1 Å². The standard InChI is InChI=1S/C23H13BrFNO4S/c24-13-6-7-16-12(9-13)10-17(30-16)21(27)19-20(18-5-2-8-31-18)26(23(29)22(19)28)15-4-1-3-14(25)11-15/h1-11,20,28H. The minimum absolute atomic E-state index is 0.00472. The second-order valence-corrected chi connectivity index (χ2v) is 8.85. The van der Waals surface area contributed by atoms with E-state index in [4.69, 9.17) is 4.42 Å². The number of fused-ring (bicyclic) bond motifs is 1. The molecule has 5 nitrogen and oxygen atoms in total. The highest BCUT2D eigenvalue weighted by Gasteiger charge is 2.45. The Hall–Kier alpha value is -3.23. The lowest BCUT2D eigenvalue weighted by atomic mass is 10.00. The van der Waals surface area contributed by atoms with Crippen molar-refractivity contribution >= 4 is 55.6 Å². The molecule has 2 aromatic heterocycles. The number of ketones is 1. The molecule has 3 heterocycles. The number of benzene rings is 2. The molecule has 0 spiro atoms. The second-order valence-electron chi connectivity index (χ2n) is 6.96. The number of Topliss-reactive ketones (excluding diaryl/α,β-unsaturated/α-hetero) is 1. The van der Waals surface area contributed by atoms with Crippen molar-refractivity contribution in [3.8, 4) is 0 Å². The summed E-state index contributed by atoms with van der Waals surface area (Å²) in [6.07, 6.45) is 0. The van der Waals surface area contributed by atoms with E-state index in [0.29, 0.717) is 15.8 Å². The number of aliphatic hydroxyl groups excluding tert-OH is 1. The summed E-state index contributed by atoms with van der Waals surface area (Å²) in [7, 11) is 0. The fraction of sp³-hybridized carbons (Fsp3) is 0.0435. The number of carbonyl (C=O) groups is 2. The predicted molar refractivity (Wildman–Crippen MR) is 119 cm³/mol. The van der Waals surface area contributed by atoms with Crippen LogP contribution in [-0.2, 0) is 4.79 Å². The van der Waals surface area contributed by atoms with Crippen molar-refractivity contribution in [3.05, 3.63) is 98.3 Å². The van der Waals surface area contributed by atoms with Crippen molar-refractivity contribution in [3.63, 3.8) is 0 Å². The van der Waals surface area contributed by atoms with Gasteiger partial charge in [0.25, 0.3) is 5.91 Å². The highest BCUT2D eigenvalue weighted by molar-refractivity contribution is 9.10. The number of carbonyl (C=O) groups excluding carboxylic acids is 2. The van der Waals surface area contributed by atoms with E-state index in [0.717, 1.165) is 4.47 Å². The molecule has 2 aromatic carbocycles. The van der Waals surface area contributed by atoms with Crippen LogP contribution in [-0.4, -0.2) is 16.8 Å². The third-order valence-corrected chi connectivity index (χ3v) is 6.47. The number of nitrogens with zero attached hydrogens (tertiary/aromatic N) is 1. The van der Waals surface area contributed by atoms with Crippen LogP contribution in [0.2, 0.25) is 0 Å². The maximum atomic E-state index is 13.9. The summed E-state index contributed by atoms with van der Waals surface area (Å²) in [6, 6.07) is 15.0. The lowest BCUT2D eigenvalue weighted by molar-refractivity contribution is -0.117. The average molecular weight is 498 g/mol. The summed E-state index contributed by atoms with van der Waals surface area (Å²) < 4.78 is 20.4. The van der Waals surface area contributed by atoms with E-state index >= 15 is 0 Å². The first-order chi connectivity index (χ1) is 14.9. The monoisotopic (exact) mass is 497 g/mol. The summed E-state index contributed by atoms with van der Waals surface area (Å²) >= 11 is 4.71. The van der Waals surface area contributed by atoms with Crippen LogP contribution >= 0.6 is 27.3 Å². The summed E-state index contributed by atoms with van der Waals surface area (Å²) in [5.74, 6) is -2.57. The van der Waals surface area contributed by atoms with E-state index in [1.165, 1.54) is 34.4 Å². The number of aliphatic hydroxyl groups is 1. The van der Waals surface area contributed by atoms with Crippen LogP contribution in [0.5, 0.6) is 0 Å². The first-order valence-corrected chi connectivity index (χ1v) is 10.9. The highest BCUT2D eigenvalue weighted by atomic mass is 79.9. The average Bonchev–Trinajstić information content (AvgIpc) is 3.46. The van der Waals surface area contributed by atoms with Crippen LogP contribution < -0.4 is 4.90 Å². The number of hydrogen-bond donors (Lipinski definition) is 1. The molecule has 1 unspecified atom stereocenters. The molecule has 4 aromatic rings. The molecule has 0 saturated heterocycles. The predicted octanol–water partition coefficient (Wildman–Crippen LogP) is 6.18. The molecule has 31 heavy (non-hydrogen) atoms. The molecule has 8 heteroatoms. The highest BCUT2D eigenvalue weighted by Crippen LogP contribution is 2.43. The molecule has 0 fully saturated rings. The van der Waals surface area contributed by atoms with Gasteiger partial charge in [-0.3, -0.25) is 14.5 Å². The summed E-state index contributed by atoms with van der Waals surface area (Å²) in [5, 5.41) is 13.2. The number of halogens is 2. The van der Waals surface area contributed by atoms with Crippen molar-refractivity contribution in [2.75, 3.05) is 4.90 Å². The minimum Gasteiger partial charge on any atom is -0.503 e. The molecule has 0 saturated carbocycles. The molecule has 0 bridgehead atoms. The van der Waals surface area contributed by atoms with Gasteiger partial charge in [-0.05, 0) is 53.9 Å². The van der Waals surface area contributed by atoms with Gasteiger partial charge >= 0.3 is 0 Å². The van der Waals surface area contributed by atoms with Crippen LogP contribution in [0.3, 0.4) is 0 Å². The van der Waals surface area contributed by atoms with Crippen LogP contribution in [0.15, 0.2) is 86.3 Å². The van der Waals surface area contributed by atoms with Gasteiger partial charge in [-0.15, -0.1) is 11.3 Å². The molecule has 1 atom stereocenters. The van der Waals surface area contributed by atoms with E-state index in [2.05, 4.69) is 15.9 Å². The van der Waals surface area contributed by atoms with Gasteiger partial charge in [0.1, 0.15) is 17.4 Å². The smallest absolute Gasteiger partial charge is 0.294 e. The summed E-state index contributed by atoms with van der Waals surface area (Å²) in [4.78, 5) is 28.3. The Kier molecular flexibility index (Phi) is 4.75. The molecule has 5 rings (SSSR count). The first-order valence-electron chi connectivity index (χ1n) is 9.23. The number of hydrogen-bond acceptors (Lipinski definition) is 5. The zero-order chi connectivity index (χ0) is 21.7. The van der Waals surface area contributed by atoms with E-state index in [1.54, 1.807) is 47.8 Å². The van der Waals surface area contributed by atoms with Crippen molar-refractivity contribution in [2.45, 2.75) is 6.04 Å². The van der Waals surface area contributed by atoms with E-state index in [9.17, 15) is 19.1 Å². The van der Waals surface area contributed by atoms with Gasteiger partial charge < -0.3 is 9.52 Å². The van der Waals surface area contributed by atoms with Gasteiger partial charge in [0.2, 0.25) is 5.78 Å². The van der Waals surface area contributed by atoms with Crippen LogP contribution in [0.25, 0.3) is 11.0 Å². The van der Waals surface area contributed by atoms with Gasteiger partial charge in [-0.2, -0.15) is 0 Å². The number of thiophene rings is 1. The number of anilines is 1. The van der Waals surface area contributed by atoms with Gasteiger partial charge in [0, 0.05) is 20.4 Å². The summed E-state index contributed by atoms with van der Waals surface area (Å²) in [6.45, 7) is 0. The zero-order valence-corrected chi connectivity index (χ0v) is 18.1. The molecule has 1 aliphatic rings. The van der Waals surface area contributed by atoms with Crippen LogP contribution in [0.1, 0.15) is 21.5 Å². The molecule has 1 amide bonds. The molecule has 1 aliphatic heterocycles. The maximum Gasteiger partial charge on any atom is 0.294 e. The Morgan fingerprint density at radius 2 is 1.97 bits per heavy atom. The lowest BCUT2D eigenvalue weighted by Gasteiger charge is -2.25. The second kappa shape index (κ2) is 7.47. The molecule has 0 radical (unpaired) electrons. The molecule has 1 N–H and O–H groups in total. The van der Waals surface area contributed by atoms with Crippen LogP contribution in [0.4, 0.5) is 10.1 Å². The molecular formula is C23H13BrFNO4S. The Morgan fingerprint density at radius 1 is 1.13 bits per heavy atom. The van der Waals surface area contributed by atoms with Crippen molar-refractivity contribution in [2.24, 2.45) is 0 Å². The number of rotatable bonds is 4. The quantitative estimate of drug-likeness (QED) is 0.341. The van der Waals surface area contributed by atoms with Gasteiger partial charge in [0.15, 0.2) is 11.5 Å². The topological polar surface area (TPSA) is 70.8 Å². The Labute approximate surface area is 188 Å². The zero-order valence-electron chi connectivity index (χ0n) is 15.7. The Morgan fingerprint density at radius 3 is 2.71 bits per heavy atom. The van der Waals surface area contributed by atoms with E-state index < -0.39 is 29.3 Å². The lowest BCUT2D eigenvalue weighted by Crippen LogP contribution is -2.30. The van der Waals surface area contributed by atoms with Gasteiger partial charge in [0.05, 0.1) is 5.57 Å². The minimum atomic E-state index is -0.901. The molecular weight excluding hydrogens is 485 g/mol. The normalized spacial score (nSPS) is 16.5. The molecule has 154 valence electrons. The Bertz CT molecular complexity index is 1380. The maximum absolute atomic E-state index is 13.9. The van der Waals surface area contributed by atoms with E-state index in [-0.39, 0.29) is 17.0 Å². The van der Waals surface area contributed by atoms with Crippen molar-refractivity contribution in [1.82, 2.24) is 0 Å². The fourth-order valence-corrected chi connectivity index (χ4v) is 4.91. The third-order valence-electron chi connectivity index (χ3n) is 5.05. The number of amides is 1.